The Bertz CT molecular complexity index is 319. The third-order valence-electron chi connectivity index (χ3n) is 4.19. The van der Waals surface area contributed by atoms with Crippen molar-refractivity contribution in [3.05, 3.63) is 0 Å². The van der Waals surface area contributed by atoms with Crippen molar-refractivity contribution < 1.29 is 14.7 Å². The zero-order valence-corrected chi connectivity index (χ0v) is 12.2. The van der Waals surface area contributed by atoms with Crippen LogP contribution in [-0.2, 0) is 9.59 Å². The van der Waals surface area contributed by atoms with Crippen LogP contribution < -0.4 is 5.32 Å². The van der Waals surface area contributed by atoms with E-state index in [9.17, 15) is 9.59 Å². The quantitative estimate of drug-likeness (QED) is 0.767. The summed E-state index contributed by atoms with van der Waals surface area (Å²) in [7, 11) is 0. The predicted molar refractivity (Wildman–Crippen MR) is 73.9 cm³/mol. The molecule has 1 amide bonds. The van der Waals surface area contributed by atoms with Crippen LogP contribution in [0.4, 0.5) is 0 Å². The number of nitrogens with one attached hydrogen (secondary N) is 1. The number of carbonyl (C=O) groups is 2. The third-order valence-corrected chi connectivity index (χ3v) is 4.19. The van der Waals surface area contributed by atoms with E-state index < -0.39 is 11.4 Å². The maximum atomic E-state index is 11.9. The van der Waals surface area contributed by atoms with Gasteiger partial charge in [-0.3, -0.25) is 14.5 Å². The highest BCUT2D eigenvalue weighted by Gasteiger charge is 2.37. The Kier molecular flexibility index (Phi) is 5.79. The lowest BCUT2D eigenvalue weighted by Crippen LogP contribution is -2.47. The fourth-order valence-corrected chi connectivity index (χ4v) is 2.39. The Morgan fingerprint density at radius 2 is 1.79 bits per heavy atom. The molecular weight excluding hydrogens is 244 g/mol. The molecule has 0 unspecified atom stereocenters. The molecule has 1 aliphatic rings. The van der Waals surface area contributed by atoms with Gasteiger partial charge in [0.15, 0.2) is 0 Å². The minimum atomic E-state index is -0.728. The number of nitrogens with zero attached hydrogens (tertiary/aromatic N) is 1. The molecule has 1 heterocycles. The molecule has 0 saturated carbocycles. The highest BCUT2D eigenvalue weighted by Crippen LogP contribution is 2.30. The fraction of sp³-hybridized carbons (Fsp3) is 0.857. The Morgan fingerprint density at radius 1 is 1.26 bits per heavy atom. The van der Waals surface area contributed by atoms with Crippen LogP contribution in [0.25, 0.3) is 0 Å². The van der Waals surface area contributed by atoms with Crippen molar-refractivity contribution in [2.45, 2.75) is 52.5 Å². The second-order valence-corrected chi connectivity index (χ2v) is 5.72. The highest BCUT2D eigenvalue weighted by atomic mass is 16.4. The fourth-order valence-electron chi connectivity index (χ4n) is 2.39. The molecule has 5 heteroatoms. The van der Waals surface area contributed by atoms with Crippen LogP contribution in [0.3, 0.4) is 0 Å². The molecule has 1 fully saturated rings. The van der Waals surface area contributed by atoms with Crippen molar-refractivity contribution in [3.63, 3.8) is 0 Å². The van der Waals surface area contributed by atoms with Gasteiger partial charge in [-0.05, 0) is 45.7 Å². The smallest absolute Gasteiger partial charge is 0.309 e. The van der Waals surface area contributed by atoms with E-state index >= 15 is 0 Å². The molecule has 0 spiro atoms. The average Bonchev–Trinajstić information content (AvgIpc) is 2.38. The van der Waals surface area contributed by atoms with E-state index in [1.807, 2.05) is 4.90 Å². The number of piperidine rings is 1. The van der Waals surface area contributed by atoms with E-state index in [-0.39, 0.29) is 11.9 Å². The summed E-state index contributed by atoms with van der Waals surface area (Å²) >= 11 is 0. The lowest BCUT2D eigenvalue weighted by Gasteiger charge is -2.36. The molecule has 110 valence electrons. The first kappa shape index (κ1) is 16.0. The van der Waals surface area contributed by atoms with Crippen LogP contribution in [0, 0.1) is 5.41 Å². The molecule has 0 bridgehead atoms. The number of amides is 1. The number of rotatable bonds is 6. The number of hydrogen-bond donors (Lipinski definition) is 2. The van der Waals surface area contributed by atoms with Crippen LogP contribution in [0.5, 0.6) is 0 Å². The topological polar surface area (TPSA) is 69.6 Å². The standard InChI is InChI=1S/C14H26N2O3/c1-4-11(5-2)15-12(17)10-16-8-6-14(3,7-9-16)13(18)19/h11H,4-10H2,1-3H3,(H,15,17)(H,18,19). The van der Waals surface area contributed by atoms with Crippen LogP contribution in [0.1, 0.15) is 46.5 Å². The van der Waals surface area contributed by atoms with E-state index in [0.29, 0.717) is 32.5 Å². The second-order valence-electron chi connectivity index (χ2n) is 5.72. The first-order valence-corrected chi connectivity index (χ1v) is 7.16. The molecule has 1 rings (SSSR count). The number of carboxylic acid groups (broad SMARTS) is 1. The molecule has 0 aromatic heterocycles. The first-order valence-electron chi connectivity index (χ1n) is 7.16. The summed E-state index contributed by atoms with van der Waals surface area (Å²) < 4.78 is 0. The van der Waals surface area contributed by atoms with Crippen LogP contribution in [0.15, 0.2) is 0 Å². The molecule has 1 saturated heterocycles. The molecule has 2 N–H and O–H groups in total. The molecule has 19 heavy (non-hydrogen) atoms. The van der Waals surface area contributed by atoms with E-state index in [1.54, 1.807) is 6.92 Å². The Hall–Kier alpha value is -1.10. The Morgan fingerprint density at radius 3 is 2.21 bits per heavy atom. The Balaban J connectivity index is 2.37. The van der Waals surface area contributed by atoms with Crippen LogP contribution >= 0.6 is 0 Å². The number of hydrogen-bond acceptors (Lipinski definition) is 3. The van der Waals surface area contributed by atoms with Crippen molar-refractivity contribution in [2.75, 3.05) is 19.6 Å². The van der Waals surface area contributed by atoms with Gasteiger partial charge >= 0.3 is 5.97 Å². The van der Waals surface area contributed by atoms with Gasteiger partial charge in [0.2, 0.25) is 5.91 Å². The summed E-state index contributed by atoms with van der Waals surface area (Å²) in [6, 6.07) is 0.251. The van der Waals surface area contributed by atoms with Gasteiger partial charge in [0.05, 0.1) is 12.0 Å². The van der Waals surface area contributed by atoms with Crippen molar-refractivity contribution in [1.82, 2.24) is 10.2 Å². The van der Waals surface area contributed by atoms with Gasteiger partial charge in [0.1, 0.15) is 0 Å². The maximum Gasteiger partial charge on any atom is 0.309 e. The molecule has 0 aromatic rings. The molecule has 1 aliphatic heterocycles. The van der Waals surface area contributed by atoms with Crippen molar-refractivity contribution in [3.8, 4) is 0 Å². The van der Waals surface area contributed by atoms with E-state index in [2.05, 4.69) is 19.2 Å². The van der Waals surface area contributed by atoms with Gasteiger partial charge in [-0.2, -0.15) is 0 Å². The van der Waals surface area contributed by atoms with Gasteiger partial charge in [0.25, 0.3) is 0 Å². The summed E-state index contributed by atoms with van der Waals surface area (Å²) in [5.74, 6) is -0.679. The minimum absolute atomic E-state index is 0.0487. The monoisotopic (exact) mass is 270 g/mol. The van der Waals surface area contributed by atoms with Gasteiger partial charge < -0.3 is 10.4 Å². The predicted octanol–water partition coefficient (Wildman–Crippen LogP) is 1.48. The van der Waals surface area contributed by atoms with Gasteiger partial charge in [-0.25, -0.2) is 0 Å². The van der Waals surface area contributed by atoms with Gasteiger partial charge in [-0.1, -0.05) is 13.8 Å². The van der Waals surface area contributed by atoms with Gasteiger partial charge in [0, 0.05) is 6.04 Å². The zero-order valence-electron chi connectivity index (χ0n) is 12.2. The number of carbonyl (C=O) groups excluding carboxylic acids is 1. The van der Waals surface area contributed by atoms with Crippen LogP contribution in [0.2, 0.25) is 0 Å². The second kappa shape index (κ2) is 6.89. The minimum Gasteiger partial charge on any atom is -0.481 e. The first-order chi connectivity index (χ1) is 8.91. The lowest BCUT2D eigenvalue weighted by atomic mass is 9.80. The average molecular weight is 270 g/mol. The van der Waals surface area contributed by atoms with Crippen molar-refractivity contribution in [2.24, 2.45) is 5.41 Å². The molecular formula is C14H26N2O3. The molecule has 0 aliphatic carbocycles. The lowest BCUT2D eigenvalue weighted by molar-refractivity contribution is -0.150. The summed E-state index contributed by atoms with van der Waals surface area (Å²) in [5.41, 5.74) is -0.623. The SMILES string of the molecule is CCC(CC)NC(=O)CN1CCC(C)(C(=O)O)CC1. The molecule has 0 aromatic carbocycles. The summed E-state index contributed by atoms with van der Waals surface area (Å²) in [6.07, 6.45) is 3.11. The summed E-state index contributed by atoms with van der Waals surface area (Å²) in [4.78, 5) is 25.0. The van der Waals surface area contributed by atoms with E-state index in [1.165, 1.54) is 0 Å². The van der Waals surface area contributed by atoms with E-state index in [4.69, 9.17) is 5.11 Å². The number of carboxylic acids is 1. The van der Waals surface area contributed by atoms with E-state index in [0.717, 1.165) is 12.8 Å². The normalized spacial score (nSPS) is 19.4. The third kappa shape index (κ3) is 4.49. The number of likely N-dealkylation sites (tertiary alicyclic amines) is 1. The Labute approximate surface area is 115 Å². The van der Waals surface area contributed by atoms with Crippen LogP contribution in [-0.4, -0.2) is 47.6 Å². The van der Waals surface area contributed by atoms with Crippen molar-refractivity contribution >= 4 is 11.9 Å². The molecule has 0 radical (unpaired) electrons. The number of aliphatic carboxylic acids is 1. The molecule has 5 nitrogen and oxygen atoms in total. The van der Waals surface area contributed by atoms with Crippen molar-refractivity contribution in [1.29, 1.82) is 0 Å². The van der Waals surface area contributed by atoms with Gasteiger partial charge in [-0.15, -0.1) is 0 Å². The zero-order chi connectivity index (χ0) is 14.5. The molecule has 0 atom stereocenters. The highest BCUT2D eigenvalue weighted by molar-refractivity contribution is 5.78. The summed E-state index contributed by atoms with van der Waals surface area (Å²) in [6.45, 7) is 7.66. The maximum absolute atomic E-state index is 11.9. The summed E-state index contributed by atoms with van der Waals surface area (Å²) in [5, 5.41) is 12.2. The largest absolute Gasteiger partial charge is 0.481 e.